The number of hydrogen-bond acceptors (Lipinski definition) is 3. The summed E-state index contributed by atoms with van der Waals surface area (Å²) in [6.07, 6.45) is -0.150. The molecule has 0 saturated carbocycles. The Bertz CT molecular complexity index is 370. The van der Waals surface area contributed by atoms with Crippen LogP contribution in [0.15, 0.2) is 24.3 Å². The van der Waals surface area contributed by atoms with E-state index in [1.165, 1.54) is 0 Å². The summed E-state index contributed by atoms with van der Waals surface area (Å²) in [5, 5.41) is 8.55. The van der Waals surface area contributed by atoms with Gasteiger partial charge in [0, 0.05) is 17.2 Å². The van der Waals surface area contributed by atoms with Gasteiger partial charge in [-0.1, -0.05) is 6.92 Å². The SMILES string of the molecule is CC(CC(=O)O)C(=O)c1ccc(N)cc1. The molecule has 0 aliphatic rings. The Labute approximate surface area is 87.7 Å². The number of anilines is 1. The van der Waals surface area contributed by atoms with E-state index in [-0.39, 0.29) is 12.2 Å². The first kappa shape index (κ1) is 11.2. The second-order valence-electron chi connectivity index (χ2n) is 3.49. The van der Waals surface area contributed by atoms with E-state index in [1.54, 1.807) is 31.2 Å². The number of carbonyl (C=O) groups is 2. The smallest absolute Gasteiger partial charge is 0.304 e. The van der Waals surface area contributed by atoms with Crippen LogP contribution < -0.4 is 5.73 Å². The van der Waals surface area contributed by atoms with Gasteiger partial charge in [-0.25, -0.2) is 0 Å². The van der Waals surface area contributed by atoms with Gasteiger partial charge in [0.2, 0.25) is 0 Å². The molecule has 1 aromatic rings. The Hall–Kier alpha value is -1.84. The number of carboxylic acid groups (broad SMARTS) is 1. The van der Waals surface area contributed by atoms with E-state index in [0.29, 0.717) is 11.3 Å². The Morgan fingerprint density at radius 2 is 1.87 bits per heavy atom. The molecule has 1 atom stereocenters. The maximum Gasteiger partial charge on any atom is 0.304 e. The maximum absolute atomic E-state index is 11.7. The number of carboxylic acids is 1. The summed E-state index contributed by atoms with van der Waals surface area (Å²) in [6.45, 7) is 1.60. The van der Waals surface area contributed by atoms with Crippen LogP contribution in [0.2, 0.25) is 0 Å². The summed E-state index contributed by atoms with van der Waals surface area (Å²) < 4.78 is 0. The molecule has 0 bridgehead atoms. The summed E-state index contributed by atoms with van der Waals surface area (Å²) >= 11 is 0. The lowest BCUT2D eigenvalue weighted by atomic mass is 9.96. The minimum Gasteiger partial charge on any atom is -0.481 e. The van der Waals surface area contributed by atoms with Crippen LogP contribution in [0.4, 0.5) is 5.69 Å². The van der Waals surface area contributed by atoms with Gasteiger partial charge in [-0.15, -0.1) is 0 Å². The molecule has 1 rings (SSSR count). The average Bonchev–Trinajstić information content (AvgIpc) is 2.17. The van der Waals surface area contributed by atoms with Crippen molar-refractivity contribution in [2.75, 3.05) is 5.73 Å². The Morgan fingerprint density at radius 1 is 1.33 bits per heavy atom. The van der Waals surface area contributed by atoms with Gasteiger partial charge < -0.3 is 10.8 Å². The molecule has 3 N–H and O–H groups in total. The minimum atomic E-state index is -0.966. The fraction of sp³-hybridized carbons (Fsp3) is 0.273. The van der Waals surface area contributed by atoms with Crippen molar-refractivity contribution in [3.8, 4) is 0 Å². The number of ketones is 1. The maximum atomic E-state index is 11.7. The van der Waals surface area contributed by atoms with E-state index in [4.69, 9.17) is 10.8 Å². The van der Waals surface area contributed by atoms with Crippen LogP contribution in [0.3, 0.4) is 0 Å². The van der Waals surface area contributed by atoms with Crippen molar-refractivity contribution in [1.82, 2.24) is 0 Å². The highest BCUT2D eigenvalue weighted by Crippen LogP contribution is 2.13. The summed E-state index contributed by atoms with van der Waals surface area (Å²) in [6, 6.07) is 6.47. The summed E-state index contributed by atoms with van der Waals surface area (Å²) in [4.78, 5) is 22.1. The molecule has 15 heavy (non-hydrogen) atoms. The molecule has 0 amide bonds. The monoisotopic (exact) mass is 207 g/mol. The van der Waals surface area contributed by atoms with E-state index in [1.807, 2.05) is 0 Å². The van der Waals surface area contributed by atoms with Crippen molar-refractivity contribution >= 4 is 17.4 Å². The standard InChI is InChI=1S/C11H13NO3/c1-7(6-10(13)14)11(15)8-2-4-9(12)5-3-8/h2-5,7H,6,12H2,1H3,(H,13,14). The number of Topliss-reactive ketones (excluding diaryl/α,β-unsaturated/α-hetero) is 1. The number of carbonyl (C=O) groups excluding carboxylic acids is 1. The third kappa shape index (κ3) is 3.09. The molecule has 4 nitrogen and oxygen atoms in total. The molecule has 0 spiro atoms. The van der Waals surface area contributed by atoms with Crippen LogP contribution in [0.25, 0.3) is 0 Å². The molecule has 0 heterocycles. The second-order valence-corrected chi connectivity index (χ2v) is 3.49. The summed E-state index contributed by atoms with van der Waals surface area (Å²) in [5.74, 6) is -1.64. The van der Waals surface area contributed by atoms with E-state index in [0.717, 1.165) is 0 Å². The largest absolute Gasteiger partial charge is 0.481 e. The highest BCUT2D eigenvalue weighted by atomic mass is 16.4. The lowest BCUT2D eigenvalue weighted by Gasteiger charge is -2.07. The van der Waals surface area contributed by atoms with Crippen molar-refractivity contribution in [3.63, 3.8) is 0 Å². The van der Waals surface area contributed by atoms with Crippen LogP contribution in [0, 0.1) is 5.92 Å². The molecule has 80 valence electrons. The molecule has 0 fully saturated rings. The van der Waals surface area contributed by atoms with Crippen LogP contribution in [-0.4, -0.2) is 16.9 Å². The molecular formula is C11H13NO3. The van der Waals surface area contributed by atoms with Gasteiger partial charge in [-0.2, -0.15) is 0 Å². The topological polar surface area (TPSA) is 80.4 Å². The van der Waals surface area contributed by atoms with E-state index in [9.17, 15) is 9.59 Å². The molecule has 0 radical (unpaired) electrons. The van der Waals surface area contributed by atoms with Gasteiger partial charge in [0.05, 0.1) is 6.42 Å². The van der Waals surface area contributed by atoms with Gasteiger partial charge in [-0.05, 0) is 24.3 Å². The van der Waals surface area contributed by atoms with Crippen LogP contribution in [-0.2, 0) is 4.79 Å². The van der Waals surface area contributed by atoms with Crippen molar-refractivity contribution in [2.45, 2.75) is 13.3 Å². The van der Waals surface area contributed by atoms with Crippen molar-refractivity contribution in [1.29, 1.82) is 0 Å². The number of benzene rings is 1. The molecule has 4 heteroatoms. The average molecular weight is 207 g/mol. The van der Waals surface area contributed by atoms with Crippen LogP contribution in [0.1, 0.15) is 23.7 Å². The Kier molecular flexibility index (Phi) is 3.44. The van der Waals surface area contributed by atoms with Crippen molar-refractivity contribution in [2.24, 2.45) is 5.92 Å². The number of nitrogen functional groups attached to an aromatic ring is 1. The zero-order valence-corrected chi connectivity index (χ0v) is 8.43. The molecule has 0 aliphatic heterocycles. The summed E-state index contributed by atoms with van der Waals surface area (Å²) in [5.41, 5.74) is 6.56. The number of aliphatic carboxylic acids is 1. The normalized spacial score (nSPS) is 12.1. The number of hydrogen-bond donors (Lipinski definition) is 2. The van der Waals surface area contributed by atoms with Crippen LogP contribution in [0.5, 0.6) is 0 Å². The van der Waals surface area contributed by atoms with E-state index < -0.39 is 11.9 Å². The fourth-order valence-electron chi connectivity index (χ4n) is 1.29. The highest BCUT2D eigenvalue weighted by molar-refractivity contribution is 5.99. The van der Waals surface area contributed by atoms with Crippen molar-refractivity contribution < 1.29 is 14.7 Å². The van der Waals surface area contributed by atoms with E-state index >= 15 is 0 Å². The minimum absolute atomic E-state index is 0.150. The predicted octanol–water partition coefficient (Wildman–Crippen LogP) is 1.56. The molecule has 0 aromatic heterocycles. The second kappa shape index (κ2) is 4.59. The van der Waals surface area contributed by atoms with Gasteiger partial charge in [-0.3, -0.25) is 9.59 Å². The first-order valence-electron chi connectivity index (χ1n) is 4.62. The Balaban J connectivity index is 2.76. The number of rotatable bonds is 4. The lowest BCUT2D eigenvalue weighted by Crippen LogP contribution is -2.15. The highest BCUT2D eigenvalue weighted by Gasteiger charge is 2.17. The fourth-order valence-corrected chi connectivity index (χ4v) is 1.29. The van der Waals surface area contributed by atoms with Gasteiger partial charge in [0.15, 0.2) is 5.78 Å². The van der Waals surface area contributed by atoms with E-state index in [2.05, 4.69) is 0 Å². The molecule has 0 aliphatic carbocycles. The quantitative estimate of drug-likeness (QED) is 0.580. The van der Waals surface area contributed by atoms with Gasteiger partial charge in [0.1, 0.15) is 0 Å². The predicted molar refractivity (Wildman–Crippen MR) is 56.6 cm³/mol. The van der Waals surface area contributed by atoms with Crippen molar-refractivity contribution in [3.05, 3.63) is 29.8 Å². The van der Waals surface area contributed by atoms with Crippen LogP contribution >= 0.6 is 0 Å². The third-order valence-electron chi connectivity index (χ3n) is 2.12. The Morgan fingerprint density at radius 3 is 2.33 bits per heavy atom. The lowest BCUT2D eigenvalue weighted by molar-refractivity contribution is -0.137. The molecule has 1 aromatic carbocycles. The number of nitrogens with two attached hydrogens (primary N) is 1. The third-order valence-corrected chi connectivity index (χ3v) is 2.12. The molecule has 1 unspecified atom stereocenters. The zero-order valence-electron chi connectivity index (χ0n) is 8.43. The summed E-state index contributed by atoms with van der Waals surface area (Å²) in [7, 11) is 0. The molecule has 0 saturated heterocycles. The van der Waals surface area contributed by atoms with Gasteiger partial charge >= 0.3 is 5.97 Å². The van der Waals surface area contributed by atoms with Gasteiger partial charge in [0.25, 0.3) is 0 Å². The molecular weight excluding hydrogens is 194 g/mol. The first-order valence-corrected chi connectivity index (χ1v) is 4.62. The zero-order chi connectivity index (χ0) is 11.4. The first-order chi connectivity index (χ1) is 7.00.